The van der Waals surface area contributed by atoms with Crippen molar-refractivity contribution < 1.29 is 80.6 Å². The molecule has 4 atom stereocenters. The van der Waals surface area contributed by atoms with E-state index in [0.717, 1.165) is 30.5 Å². The van der Waals surface area contributed by atoms with Crippen LogP contribution in [0.1, 0.15) is 92.1 Å². The van der Waals surface area contributed by atoms with Gasteiger partial charge in [0.15, 0.2) is 15.5 Å². The minimum absolute atomic E-state index is 0.198. The monoisotopic (exact) mass is 1120 g/mol. The van der Waals surface area contributed by atoms with E-state index in [1.54, 1.807) is 0 Å². The zero-order chi connectivity index (χ0) is 55.7. The number of pyridine rings is 1. The summed E-state index contributed by atoms with van der Waals surface area (Å²) >= 11 is 3.49. The number of nitrogens with zero attached hydrogens (tertiary/aromatic N) is 6. The summed E-state index contributed by atoms with van der Waals surface area (Å²) in [7, 11) is -3.91. The summed E-state index contributed by atoms with van der Waals surface area (Å²) in [5.74, 6) is -6.10. The van der Waals surface area contributed by atoms with Crippen LogP contribution >= 0.6 is 11.6 Å². The first-order valence-electron chi connectivity index (χ1n) is 22.2. The molecule has 5 aromatic rings. The number of aromatic nitrogens is 5. The molecule has 0 radical (unpaired) electrons. The van der Waals surface area contributed by atoms with Gasteiger partial charge >= 0.3 is 18.4 Å². The zero-order valence-electron chi connectivity index (χ0n) is 39.7. The van der Waals surface area contributed by atoms with Gasteiger partial charge in [-0.2, -0.15) is 45.3 Å². The molecule has 2 aliphatic carbocycles. The van der Waals surface area contributed by atoms with E-state index in [9.17, 15) is 66.7 Å². The van der Waals surface area contributed by atoms with Gasteiger partial charge in [0.1, 0.15) is 40.9 Å². The number of carbonyl (C=O) groups excluding carboxylic acids is 2. The molecule has 2 aliphatic rings. The Morgan fingerprint density at radius 3 is 2.21 bits per heavy atom. The number of rotatable bonds is 16. The quantitative estimate of drug-likeness (QED) is 0.0417. The van der Waals surface area contributed by atoms with Crippen molar-refractivity contribution in [1.82, 2.24) is 39.5 Å². The maximum Gasteiger partial charge on any atom is 0.435 e. The molecule has 2 aromatic carbocycles. The normalized spacial score (nSPS) is 17.1. The van der Waals surface area contributed by atoms with Gasteiger partial charge in [-0.25, -0.2) is 35.5 Å². The predicted octanol–water partition coefficient (Wildman–Crippen LogP) is 8.44. The topological polar surface area (TPSA) is 219 Å². The van der Waals surface area contributed by atoms with Gasteiger partial charge in [0.2, 0.25) is 11.8 Å². The van der Waals surface area contributed by atoms with Gasteiger partial charge in [-0.05, 0) is 79.8 Å². The molecule has 75 heavy (non-hydrogen) atoms. The van der Waals surface area contributed by atoms with Crippen LogP contribution in [0.2, 0.25) is 5.02 Å². The average Bonchev–Trinajstić information content (AvgIpc) is 3.78. The van der Waals surface area contributed by atoms with Crippen molar-refractivity contribution in [1.29, 1.82) is 0 Å². The maximum atomic E-state index is 15.6. The van der Waals surface area contributed by atoms with E-state index in [1.165, 1.54) is 39.8 Å². The summed E-state index contributed by atoms with van der Waals surface area (Å²) in [6.07, 6.45) is -12.4. The number of alkyl halides is 8. The van der Waals surface area contributed by atoms with Gasteiger partial charge in [-0.3, -0.25) is 23.5 Å². The highest BCUT2D eigenvalue weighted by Gasteiger charge is 2.68. The average molecular weight is 1130 g/mol. The lowest BCUT2D eigenvalue weighted by atomic mass is 9.89. The molecule has 1 fully saturated rings. The molecule has 0 saturated heterocycles. The van der Waals surface area contributed by atoms with Crippen LogP contribution in [0.15, 0.2) is 42.5 Å². The van der Waals surface area contributed by atoms with Gasteiger partial charge < -0.3 is 15.7 Å². The van der Waals surface area contributed by atoms with Crippen LogP contribution in [-0.2, 0) is 68.8 Å². The van der Waals surface area contributed by atoms with E-state index in [-0.39, 0.29) is 50.4 Å². The van der Waals surface area contributed by atoms with Crippen molar-refractivity contribution in [3.05, 3.63) is 98.7 Å². The highest BCUT2D eigenvalue weighted by Crippen LogP contribution is 2.68. The lowest BCUT2D eigenvalue weighted by molar-refractivity contribution is -0.143. The summed E-state index contributed by atoms with van der Waals surface area (Å²) in [6.45, 7) is 0.887. The number of fused-ring (bicyclic) bond motifs is 4. The van der Waals surface area contributed by atoms with E-state index < -0.39 is 163 Å². The van der Waals surface area contributed by atoms with E-state index in [0.29, 0.717) is 15.1 Å². The molecule has 1 saturated carbocycles. The third-order valence-corrected chi connectivity index (χ3v) is 15.5. The number of halogens is 11. The van der Waals surface area contributed by atoms with Crippen LogP contribution in [0, 0.1) is 34.8 Å². The zero-order valence-corrected chi connectivity index (χ0v) is 42.1. The van der Waals surface area contributed by atoms with Crippen molar-refractivity contribution in [3.63, 3.8) is 0 Å². The van der Waals surface area contributed by atoms with E-state index in [4.69, 9.17) is 16.7 Å². The Balaban J connectivity index is 1.43. The molecule has 404 valence electrons. The molecule has 0 bridgehead atoms. The fraction of sp³-hybridized carbons (Fsp3) is 0.435. The third-order valence-electron chi connectivity index (χ3n) is 12.5. The van der Waals surface area contributed by atoms with Crippen LogP contribution in [0.25, 0.3) is 22.0 Å². The highest BCUT2D eigenvalue weighted by atomic mass is 35.5. The fourth-order valence-corrected chi connectivity index (χ4v) is 9.67. The van der Waals surface area contributed by atoms with Crippen molar-refractivity contribution >= 4 is 61.5 Å². The Kier molecular flexibility index (Phi) is 15.0. The number of hydrogen-bond donors (Lipinski definition) is 4. The lowest BCUT2D eigenvalue weighted by Gasteiger charge is -2.26. The van der Waals surface area contributed by atoms with Gasteiger partial charge in [-0.1, -0.05) is 37.4 Å². The second-order valence-corrected chi connectivity index (χ2v) is 23.2. The number of sulfone groups is 1. The maximum absolute atomic E-state index is 15.6. The smallest absolute Gasteiger partial charge is 0.435 e. The first-order valence-corrected chi connectivity index (χ1v) is 25.5. The Labute approximate surface area is 427 Å². The summed E-state index contributed by atoms with van der Waals surface area (Å²) in [6, 6.07) is 5.02. The summed E-state index contributed by atoms with van der Waals surface area (Å²) in [4.78, 5) is 43.5. The summed E-state index contributed by atoms with van der Waals surface area (Å²) < 4.78 is 195. The second kappa shape index (κ2) is 20.0. The lowest BCUT2D eigenvalue weighted by Crippen LogP contribution is -2.39. The molecule has 29 heteroatoms. The SMILES string of the molecule is CC(C)(CNC(=O)O)CC(=O)N(Cc1nn(CC(F)(F)F)c2c(-c3ccc(C#CC(C)(C)S(C)(=O)=O)nc3C(Cc3cc(F)cc(F)c3)NC(=O)Cn3nc(C(F)(F)F)c4c3C(F)(F)[C@@H]3C[C@H]43)ccc(Cl)c12)S(=O)O. The van der Waals surface area contributed by atoms with Gasteiger partial charge in [0.25, 0.3) is 17.2 Å². The van der Waals surface area contributed by atoms with Crippen molar-refractivity contribution in [3.8, 4) is 23.0 Å². The third kappa shape index (κ3) is 12.2. The first kappa shape index (κ1) is 56.4. The molecule has 0 aliphatic heterocycles. The van der Waals surface area contributed by atoms with Gasteiger partial charge in [0.05, 0.1) is 34.5 Å². The number of benzene rings is 2. The molecule has 3 amide bonds. The van der Waals surface area contributed by atoms with Crippen molar-refractivity contribution in [2.75, 3.05) is 12.8 Å². The van der Waals surface area contributed by atoms with Gasteiger partial charge in [0, 0.05) is 53.3 Å². The number of hydrogen-bond acceptors (Lipinski definition) is 9. The molecule has 7 rings (SSSR count). The van der Waals surface area contributed by atoms with Crippen molar-refractivity contribution in [2.24, 2.45) is 11.3 Å². The second-order valence-electron chi connectivity index (χ2n) is 19.3. The van der Waals surface area contributed by atoms with Crippen LogP contribution in [0.5, 0.6) is 0 Å². The minimum atomic E-state index is -5.22. The molecule has 3 heterocycles. The number of carboxylic acid groups (broad SMARTS) is 1. The van der Waals surface area contributed by atoms with E-state index in [2.05, 4.69) is 37.7 Å². The molecule has 0 spiro atoms. The molecule has 16 nitrogen and oxygen atoms in total. The Hall–Kier alpha value is -6.31. The molecule has 2 unspecified atom stereocenters. The van der Waals surface area contributed by atoms with Crippen LogP contribution in [0.3, 0.4) is 0 Å². The molecule has 3 aromatic heterocycles. The highest BCUT2D eigenvalue weighted by molar-refractivity contribution is 7.92. The van der Waals surface area contributed by atoms with Crippen molar-refractivity contribution in [2.45, 2.75) is 102 Å². The predicted molar refractivity (Wildman–Crippen MR) is 248 cm³/mol. The fourth-order valence-electron chi connectivity index (χ4n) is 8.70. The summed E-state index contributed by atoms with van der Waals surface area (Å²) in [5, 5.41) is 20.4. The Morgan fingerprint density at radius 1 is 0.987 bits per heavy atom. The molecular weight excluding hydrogens is 1080 g/mol. The Morgan fingerprint density at radius 2 is 1.63 bits per heavy atom. The van der Waals surface area contributed by atoms with Crippen LogP contribution in [-0.4, -0.2) is 92.8 Å². The molecule has 4 N–H and O–H groups in total. The standard InChI is InChI=1S/C46H43ClF10N8O8S2/c1-42(2,20-58-41(68)69)17-34(67)65(74(70)71)18-32-36-30(47)9-8-27(38(36)64(61-32)21-44(50,51)52)26-7-6-25(10-11-43(3,4)75(5,72)73)59-37(26)31(14-22-12-23(48)15-24(49)13-22)60-33(66)19-63-40-35(39(62-63)46(55,56)57)28-16-29(28)45(40,53)54/h6-9,12-13,15,28-29,31,58H,14,16-21H2,1-5H3,(H,60,66)(H,68,69)(H,70,71)/t28-,29+,31?/m0/s1. The van der Waals surface area contributed by atoms with Gasteiger partial charge in [-0.15, -0.1) is 0 Å². The Bertz CT molecular complexity index is 3330. The first-order chi connectivity index (χ1) is 34.5. The minimum Gasteiger partial charge on any atom is -0.465 e. The van der Waals surface area contributed by atoms with E-state index >= 15 is 8.78 Å². The van der Waals surface area contributed by atoms with E-state index in [1.807, 2.05) is 0 Å². The largest absolute Gasteiger partial charge is 0.465 e. The summed E-state index contributed by atoms with van der Waals surface area (Å²) in [5.41, 5.74) is -7.21. The number of nitrogens with one attached hydrogen (secondary N) is 2. The molecular formula is C46H43ClF10N8O8S2. The number of amides is 3. The van der Waals surface area contributed by atoms with Crippen LogP contribution < -0.4 is 10.6 Å². The number of carbonyl (C=O) groups is 3. The van der Waals surface area contributed by atoms with Crippen LogP contribution in [0.4, 0.5) is 48.7 Å².